The molecule has 3 nitrogen and oxygen atoms in total. The van der Waals surface area contributed by atoms with E-state index in [-0.39, 0.29) is 17.1 Å². The maximum atomic E-state index is 13.4. The van der Waals surface area contributed by atoms with Crippen molar-refractivity contribution in [1.82, 2.24) is 10.2 Å². The molecule has 2 aliphatic heterocycles. The quantitative estimate of drug-likeness (QED) is 0.905. The maximum Gasteiger partial charge on any atom is 0.253 e. The molecular formula is C21H23FN2O. The van der Waals surface area contributed by atoms with Gasteiger partial charge in [0, 0.05) is 30.6 Å². The van der Waals surface area contributed by atoms with Crippen LogP contribution in [0.25, 0.3) is 11.1 Å². The lowest BCUT2D eigenvalue weighted by molar-refractivity contribution is 0.0553. The Hall–Kier alpha value is -2.20. The van der Waals surface area contributed by atoms with Crippen LogP contribution in [0.4, 0.5) is 4.39 Å². The van der Waals surface area contributed by atoms with E-state index in [1.807, 2.05) is 35.2 Å². The summed E-state index contributed by atoms with van der Waals surface area (Å²) >= 11 is 0. The predicted molar refractivity (Wildman–Crippen MR) is 96.9 cm³/mol. The monoisotopic (exact) mass is 338 g/mol. The smallest absolute Gasteiger partial charge is 0.253 e. The lowest BCUT2D eigenvalue weighted by atomic mass is 9.79. The summed E-state index contributed by atoms with van der Waals surface area (Å²) in [5, 5.41) is 3.44. The number of nitrogens with zero attached hydrogens (tertiary/aromatic N) is 1. The van der Waals surface area contributed by atoms with Crippen molar-refractivity contribution in [2.24, 2.45) is 5.41 Å². The Morgan fingerprint density at radius 1 is 1.08 bits per heavy atom. The highest BCUT2D eigenvalue weighted by Crippen LogP contribution is 2.36. The molecule has 1 amide bonds. The zero-order chi connectivity index (χ0) is 17.3. The van der Waals surface area contributed by atoms with E-state index in [1.165, 1.54) is 18.6 Å². The molecule has 2 heterocycles. The standard InChI is InChI=1S/C21H23FN2O/c22-19-4-1-3-18(13-19)16-5-7-17(8-6-16)20(25)24-12-2-9-21(15-24)10-11-23-14-21/h1,3-8,13,23H,2,9-12,14-15H2/t21-/m0/s1. The normalized spacial score (nSPS) is 23.2. The molecule has 2 saturated heterocycles. The molecule has 0 saturated carbocycles. The lowest BCUT2D eigenvalue weighted by Crippen LogP contribution is -2.47. The number of benzene rings is 2. The van der Waals surface area contributed by atoms with Gasteiger partial charge < -0.3 is 10.2 Å². The van der Waals surface area contributed by atoms with Crippen LogP contribution in [0.1, 0.15) is 29.6 Å². The topological polar surface area (TPSA) is 32.3 Å². The van der Waals surface area contributed by atoms with E-state index in [0.717, 1.165) is 50.1 Å². The van der Waals surface area contributed by atoms with Crippen molar-refractivity contribution in [3.8, 4) is 11.1 Å². The fourth-order valence-electron chi connectivity index (χ4n) is 4.18. The van der Waals surface area contributed by atoms with Crippen molar-refractivity contribution in [2.75, 3.05) is 26.2 Å². The number of halogens is 1. The van der Waals surface area contributed by atoms with Gasteiger partial charge in [0.15, 0.2) is 0 Å². The van der Waals surface area contributed by atoms with Gasteiger partial charge in [-0.1, -0.05) is 24.3 Å². The summed E-state index contributed by atoms with van der Waals surface area (Å²) in [6.07, 6.45) is 3.45. The van der Waals surface area contributed by atoms with Crippen LogP contribution in [0.15, 0.2) is 48.5 Å². The number of piperidine rings is 1. The molecule has 0 aromatic heterocycles. The molecule has 2 aliphatic rings. The Morgan fingerprint density at radius 3 is 2.64 bits per heavy atom. The summed E-state index contributed by atoms with van der Waals surface area (Å²) in [7, 11) is 0. The van der Waals surface area contributed by atoms with Crippen molar-refractivity contribution < 1.29 is 9.18 Å². The number of amides is 1. The molecule has 4 rings (SSSR count). The van der Waals surface area contributed by atoms with Crippen LogP contribution in [0, 0.1) is 11.2 Å². The van der Waals surface area contributed by atoms with Gasteiger partial charge >= 0.3 is 0 Å². The molecule has 2 fully saturated rings. The number of carbonyl (C=O) groups is 1. The molecule has 1 spiro atoms. The molecule has 25 heavy (non-hydrogen) atoms. The van der Waals surface area contributed by atoms with E-state index in [0.29, 0.717) is 5.56 Å². The highest BCUT2D eigenvalue weighted by Gasteiger charge is 2.39. The van der Waals surface area contributed by atoms with Gasteiger partial charge in [0.25, 0.3) is 5.91 Å². The second-order valence-corrected chi connectivity index (χ2v) is 7.34. The Kier molecular flexibility index (Phi) is 4.30. The average molecular weight is 338 g/mol. The highest BCUT2D eigenvalue weighted by molar-refractivity contribution is 5.94. The maximum absolute atomic E-state index is 13.4. The van der Waals surface area contributed by atoms with Crippen LogP contribution in [0.5, 0.6) is 0 Å². The highest BCUT2D eigenvalue weighted by atomic mass is 19.1. The van der Waals surface area contributed by atoms with Crippen molar-refractivity contribution in [3.05, 3.63) is 59.9 Å². The van der Waals surface area contributed by atoms with Crippen LogP contribution >= 0.6 is 0 Å². The molecule has 130 valence electrons. The summed E-state index contributed by atoms with van der Waals surface area (Å²) < 4.78 is 13.4. The van der Waals surface area contributed by atoms with Crippen molar-refractivity contribution in [3.63, 3.8) is 0 Å². The Morgan fingerprint density at radius 2 is 1.92 bits per heavy atom. The fourth-order valence-corrected chi connectivity index (χ4v) is 4.18. The van der Waals surface area contributed by atoms with Gasteiger partial charge in [0.1, 0.15) is 5.82 Å². The number of hydrogen-bond acceptors (Lipinski definition) is 2. The zero-order valence-corrected chi connectivity index (χ0v) is 14.3. The van der Waals surface area contributed by atoms with E-state index >= 15 is 0 Å². The molecule has 1 N–H and O–H groups in total. The van der Waals surface area contributed by atoms with E-state index in [9.17, 15) is 9.18 Å². The first-order chi connectivity index (χ1) is 12.2. The molecule has 4 heteroatoms. The molecule has 0 bridgehead atoms. The first kappa shape index (κ1) is 16.3. The fraction of sp³-hybridized carbons (Fsp3) is 0.381. The van der Waals surface area contributed by atoms with Gasteiger partial charge in [-0.3, -0.25) is 4.79 Å². The first-order valence-electron chi connectivity index (χ1n) is 9.01. The van der Waals surface area contributed by atoms with Crippen LogP contribution in [0.3, 0.4) is 0 Å². The lowest BCUT2D eigenvalue weighted by Gasteiger charge is -2.40. The third-order valence-corrected chi connectivity index (χ3v) is 5.57. The molecule has 0 radical (unpaired) electrons. The molecule has 0 unspecified atom stereocenters. The third-order valence-electron chi connectivity index (χ3n) is 5.57. The number of likely N-dealkylation sites (tertiary alicyclic amines) is 1. The third kappa shape index (κ3) is 3.31. The minimum atomic E-state index is -0.249. The van der Waals surface area contributed by atoms with Crippen LogP contribution < -0.4 is 5.32 Å². The number of nitrogens with one attached hydrogen (secondary N) is 1. The zero-order valence-electron chi connectivity index (χ0n) is 14.3. The van der Waals surface area contributed by atoms with Gasteiger partial charge in [-0.25, -0.2) is 4.39 Å². The number of rotatable bonds is 2. The Labute approximate surface area is 147 Å². The first-order valence-corrected chi connectivity index (χ1v) is 9.01. The summed E-state index contributed by atoms with van der Waals surface area (Å²) in [5.74, 6) is -0.141. The van der Waals surface area contributed by atoms with Crippen LogP contribution in [0.2, 0.25) is 0 Å². The van der Waals surface area contributed by atoms with Crippen molar-refractivity contribution in [1.29, 1.82) is 0 Å². The minimum Gasteiger partial charge on any atom is -0.338 e. The minimum absolute atomic E-state index is 0.108. The largest absolute Gasteiger partial charge is 0.338 e. The molecule has 0 aliphatic carbocycles. The SMILES string of the molecule is O=C(c1ccc(-c2cccc(F)c2)cc1)N1CCC[C@@]2(CCNC2)C1. The summed E-state index contributed by atoms with van der Waals surface area (Å²) in [6.45, 7) is 3.77. The molecule has 2 aromatic rings. The van der Waals surface area contributed by atoms with E-state index in [1.54, 1.807) is 6.07 Å². The summed E-state index contributed by atoms with van der Waals surface area (Å²) in [5.41, 5.74) is 2.73. The number of carbonyl (C=O) groups excluding carboxylic acids is 1. The van der Waals surface area contributed by atoms with Crippen molar-refractivity contribution >= 4 is 5.91 Å². The predicted octanol–water partition coefficient (Wildman–Crippen LogP) is 3.71. The average Bonchev–Trinajstić information content (AvgIpc) is 3.09. The second-order valence-electron chi connectivity index (χ2n) is 7.34. The van der Waals surface area contributed by atoms with E-state index in [2.05, 4.69) is 5.32 Å². The van der Waals surface area contributed by atoms with Gasteiger partial charge in [0.05, 0.1) is 0 Å². The molecular weight excluding hydrogens is 315 g/mol. The molecule has 2 aromatic carbocycles. The van der Waals surface area contributed by atoms with Gasteiger partial charge in [0.2, 0.25) is 0 Å². The van der Waals surface area contributed by atoms with Crippen LogP contribution in [-0.4, -0.2) is 37.0 Å². The summed E-state index contributed by atoms with van der Waals surface area (Å²) in [6, 6.07) is 14.0. The van der Waals surface area contributed by atoms with E-state index in [4.69, 9.17) is 0 Å². The van der Waals surface area contributed by atoms with Gasteiger partial charge in [-0.15, -0.1) is 0 Å². The number of hydrogen-bond donors (Lipinski definition) is 1. The second kappa shape index (κ2) is 6.60. The Bertz CT molecular complexity index is 766. The van der Waals surface area contributed by atoms with Crippen LogP contribution in [-0.2, 0) is 0 Å². The Balaban J connectivity index is 1.50. The summed E-state index contributed by atoms with van der Waals surface area (Å²) in [4.78, 5) is 14.9. The van der Waals surface area contributed by atoms with Gasteiger partial charge in [-0.05, 0) is 61.2 Å². The van der Waals surface area contributed by atoms with Gasteiger partial charge in [-0.2, -0.15) is 0 Å². The van der Waals surface area contributed by atoms with Crippen molar-refractivity contribution in [2.45, 2.75) is 19.3 Å². The molecule has 1 atom stereocenters. The van der Waals surface area contributed by atoms with E-state index < -0.39 is 0 Å².